The number of carbonyl (C=O) groups is 1. The lowest BCUT2D eigenvalue weighted by Gasteiger charge is -2.24. The van der Waals surface area contributed by atoms with Crippen molar-refractivity contribution in [1.29, 1.82) is 0 Å². The van der Waals surface area contributed by atoms with E-state index in [4.69, 9.17) is 4.52 Å². The molecule has 0 aliphatic heterocycles. The quantitative estimate of drug-likeness (QED) is 0.727. The first kappa shape index (κ1) is 16.8. The number of rotatable bonds is 5. The van der Waals surface area contributed by atoms with E-state index in [2.05, 4.69) is 15.8 Å². The summed E-state index contributed by atoms with van der Waals surface area (Å²) in [6.45, 7) is 4.48. The Morgan fingerprint density at radius 1 is 1.32 bits per heavy atom. The molecule has 22 heavy (non-hydrogen) atoms. The van der Waals surface area contributed by atoms with E-state index in [1.165, 1.54) is 6.42 Å². The maximum absolute atomic E-state index is 12.0. The first-order chi connectivity index (χ1) is 10.6. The Kier molecular flexibility index (Phi) is 6.24. The van der Waals surface area contributed by atoms with Crippen LogP contribution in [0.15, 0.2) is 4.52 Å². The number of nitrogens with one attached hydrogen (secondary N) is 2. The molecule has 0 spiro atoms. The Morgan fingerprint density at radius 3 is 2.77 bits per heavy atom. The average Bonchev–Trinajstić information content (AvgIpc) is 2.70. The summed E-state index contributed by atoms with van der Waals surface area (Å²) < 4.78 is 5.11. The molecule has 0 saturated heterocycles. The first-order valence-electron chi connectivity index (χ1n) is 8.18. The zero-order valence-corrected chi connectivity index (χ0v) is 13.5. The van der Waals surface area contributed by atoms with Gasteiger partial charge in [0, 0.05) is 30.7 Å². The maximum atomic E-state index is 12.0. The number of urea groups is 1. The summed E-state index contributed by atoms with van der Waals surface area (Å²) >= 11 is 0. The number of carbonyl (C=O) groups excluding carboxylic acids is 1. The van der Waals surface area contributed by atoms with Gasteiger partial charge in [-0.25, -0.2) is 4.79 Å². The molecule has 1 saturated carbocycles. The molecule has 1 fully saturated rings. The van der Waals surface area contributed by atoms with Crippen molar-refractivity contribution < 1.29 is 14.4 Å². The lowest BCUT2D eigenvalue weighted by Crippen LogP contribution is -2.46. The van der Waals surface area contributed by atoms with Gasteiger partial charge in [0.05, 0.1) is 5.69 Å². The number of hydrogen-bond donors (Lipinski definition) is 3. The molecule has 2 unspecified atom stereocenters. The number of aryl methyl sites for hydroxylation is 2. The molecular formula is C16H27N3O3. The molecule has 124 valence electrons. The summed E-state index contributed by atoms with van der Waals surface area (Å²) in [6.07, 6.45) is 6.08. The van der Waals surface area contributed by atoms with E-state index in [0.717, 1.165) is 42.7 Å². The van der Waals surface area contributed by atoms with Crippen LogP contribution >= 0.6 is 0 Å². The standard InChI is InChI=1S/C16H27N3O3/c1-11-14(12(2)22-19-11)8-9-17-16(21)18-15-7-5-3-4-6-13(15)10-20/h13,15,20H,3-10H2,1-2H3,(H2,17,18,21). The van der Waals surface area contributed by atoms with Gasteiger partial charge in [-0.2, -0.15) is 0 Å². The van der Waals surface area contributed by atoms with Crippen LogP contribution in [0.3, 0.4) is 0 Å². The van der Waals surface area contributed by atoms with Gasteiger partial charge < -0.3 is 20.3 Å². The Bertz CT molecular complexity index is 467. The minimum absolute atomic E-state index is 0.0755. The molecule has 6 heteroatoms. The van der Waals surface area contributed by atoms with Gasteiger partial charge in [0.2, 0.25) is 0 Å². The number of aliphatic hydroxyl groups excluding tert-OH is 1. The van der Waals surface area contributed by atoms with Crippen LogP contribution in [0.1, 0.15) is 49.1 Å². The van der Waals surface area contributed by atoms with E-state index in [1.54, 1.807) is 0 Å². The second-order valence-electron chi connectivity index (χ2n) is 6.14. The summed E-state index contributed by atoms with van der Waals surface area (Å²) in [6, 6.07) is -0.0799. The molecule has 2 amide bonds. The van der Waals surface area contributed by atoms with Gasteiger partial charge in [-0.05, 0) is 33.1 Å². The van der Waals surface area contributed by atoms with Crippen molar-refractivity contribution in [3.63, 3.8) is 0 Å². The average molecular weight is 309 g/mol. The highest BCUT2D eigenvalue weighted by Gasteiger charge is 2.24. The van der Waals surface area contributed by atoms with Crippen LogP contribution < -0.4 is 10.6 Å². The smallest absolute Gasteiger partial charge is 0.315 e. The fourth-order valence-electron chi connectivity index (χ4n) is 3.17. The predicted octanol–water partition coefficient (Wildman–Crippen LogP) is 2.07. The zero-order chi connectivity index (χ0) is 15.9. The third kappa shape index (κ3) is 4.47. The molecule has 1 aromatic rings. The van der Waals surface area contributed by atoms with Crippen molar-refractivity contribution in [1.82, 2.24) is 15.8 Å². The van der Waals surface area contributed by atoms with Crippen molar-refractivity contribution in [3.05, 3.63) is 17.0 Å². The Hall–Kier alpha value is -1.56. The molecule has 1 heterocycles. The molecule has 0 aromatic carbocycles. The van der Waals surface area contributed by atoms with E-state index >= 15 is 0 Å². The number of hydrogen-bond acceptors (Lipinski definition) is 4. The molecule has 3 N–H and O–H groups in total. The molecule has 1 aliphatic carbocycles. The SMILES string of the molecule is Cc1noc(C)c1CCNC(=O)NC1CCCCCC1CO. The van der Waals surface area contributed by atoms with Gasteiger partial charge >= 0.3 is 6.03 Å². The van der Waals surface area contributed by atoms with Crippen LogP contribution in [-0.4, -0.2) is 35.5 Å². The molecular weight excluding hydrogens is 282 g/mol. The monoisotopic (exact) mass is 309 g/mol. The van der Waals surface area contributed by atoms with Crippen LogP contribution in [0.4, 0.5) is 4.79 Å². The van der Waals surface area contributed by atoms with Gasteiger partial charge in [0.25, 0.3) is 0 Å². The van der Waals surface area contributed by atoms with Gasteiger partial charge in [-0.1, -0.05) is 24.4 Å². The van der Waals surface area contributed by atoms with E-state index < -0.39 is 0 Å². The van der Waals surface area contributed by atoms with Crippen molar-refractivity contribution >= 4 is 6.03 Å². The second kappa shape index (κ2) is 8.17. The highest BCUT2D eigenvalue weighted by atomic mass is 16.5. The van der Waals surface area contributed by atoms with Crippen LogP contribution in [-0.2, 0) is 6.42 Å². The number of aliphatic hydroxyl groups is 1. The summed E-state index contributed by atoms with van der Waals surface area (Å²) in [5, 5.41) is 19.3. The molecule has 1 aromatic heterocycles. The molecule has 2 atom stereocenters. The molecule has 2 rings (SSSR count). The van der Waals surface area contributed by atoms with E-state index in [-0.39, 0.29) is 24.6 Å². The molecule has 1 aliphatic rings. The van der Waals surface area contributed by atoms with Gasteiger partial charge in [-0.15, -0.1) is 0 Å². The molecule has 0 radical (unpaired) electrons. The largest absolute Gasteiger partial charge is 0.396 e. The van der Waals surface area contributed by atoms with E-state index in [9.17, 15) is 9.90 Å². The van der Waals surface area contributed by atoms with E-state index in [1.807, 2.05) is 13.8 Å². The fraction of sp³-hybridized carbons (Fsp3) is 0.750. The second-order valence-corrected chi connectivity index (χ2v) is 6.14. The molecule has 6 nitrogen and oxygen atoms in total. The lowest BCUT2D eigenvalue weighted by molar-refractivity contribution is 0.179. The topological polar surface area (TPSA) is 87.4 Å². The highest BCUT2D eigenvalue weighted by molar-refractivity contribution is 5.74. The van der Waals surface area contributed by atoms with Gasteiger partial charge in [0.15, 0.2) is 0 Å². The van der Waals surface area contributed by atoms with Crippen molar-refractivity contribution in [2.24, 2.45) is 5.92 Å². The van der Waals surface area contributed by atoms with Crippen LogP contribution in [0.5, 0.6) is 0 Å². The summed E-state index contributed by atoms with van der Waals surface area (Å²) in [5.41, 5.74) is 1.94. The van der Waals surface area contributed by atoms with Crippen molar-refractivity contribution in [2.75, 3.05) is 13.2 Å². The first-order valence-corrected chi connectivity index (χ1v) is 8.18. The Morgan fingerprint density at radius 2 is 2.09 bits per heavy atom. The van der Waals surface area contributed by atoms with Crippen LogP contribution in [0.2, 0.25) is 0 Å². The van der Waals surface area contributed by atoms with Gasteiger partial charge in [0.1, 0.15) is 5.76 Å². The maximum Gasteiger partial charge on any atom is 0.315 e. The van der Waals surface area contributed by atoms with Gasteiger partial charge in [-0.3, -0.25) is 0 Å². The van der Waals surface area contributed by atoms with E-state index in [0.29, 0.717) is 13.0 Å². The number of aromatic nitrogens is 1. The third-order valence-corrected chi connectivity index (χ3v) is 4.55. The molecule has 0 bridgehead atoms. The Balaban J connectivity index is 1.77. The van der Waals surface area contributed by atoms with Crippen molar-refractivity contribution in [2.45, 2.75) is 58.4 Å². The van der Waals surface area contributed by atoms with Crippen LogP contribution in [0, 0.1) is 19.8 Å². The third-order valence-electron chi connectivity index (χ3n) is 4.55. The summed E-state index contributed by atoms with van der Waals surface area (Å²) in [7, 11) is 0. The minimum Gasteiger partial charge on any atom is -0.396 e. The van der Waals surface area contributed by atoms with Crippen LogP contribution in [0.25, 0.3) is 0 Å². The minimum atomic E-state index is -0.155. The normalized spacial score (nSPS) is 22.1. The Labute approximate surface area is 131 Å². The lowest BCUT2D eigenvalue weighted by atomic mass is 9.96. The summed E-state index contributed by atoms with van der Waals surface area (Å²) in [5.74, 6) is 0.986. The number of nitrogens with zero attached hydrogens (tertiary/aromatic N) is 1. The predicted molar refractivity (Wildman–Crippen MR) is 83.7 cm³/mol. The zero-order valence-electron chi connectivity index (χ0n) is 13.5. The highest BCUT2D eigenvalue weighted by Crippen LogP contribution is 2.23. The fourth-order valence-corrected chi connectivity index (χ4v) is 3.17. The number of amides is 2. The van der Waals surface area contributed by atoms with Crippen molar-refractivity contribution in [3.8, 4) is 0 Å². The summed E-state index contributed by atoms with van der Waals surface area (Å²) in [4.78, 5) is 12.0.